The van der Waals surface area contributed by atoms with E-state index in [1.54, 1.807) is 12.0 Å². The Morgan fingerprint density at radius 3 is 2.29 bits per heavy atom. The summed E-state index contributed by atoms with van der Waals surface area (Å²) < 4.78 is 5.25. The smallest absolute Gasteiger partial charge is 0.190 e. The van der Waals surface area contributed by atoms with Gasteiger partial charge >= 0.3 is 0 Å². The molecule has 0 aliphatic rings. The van der Waals surface area contributed by atoms with Gasteiger partial charge in [0.05, 0.1) is 0 Å². The highest BCUT2D eigenvalue weighted by Crippen LogP contribution is 2.02. The fraction of sp³-hybridized carbons (Fsp3) is 1.00. The number of rotatable bonds is 3. The summed E-state index contributed by atoms with van der Waals surface area (Å²) in [6.45, 7) is 6.44. The van der Waals surface area contributed by atoms with Crippen LogP contribution >= 0.6 is 12.0 Å². The van der Waals surface area contributed by atoms with Crippen LogP contribution in [0.4, 0.5) is 0 Å². The third-order valence-electron chi connectivity index (χ3n) is 0.378. The standard InChI is InChI=1S/C4H12OSSi/c1-4-6-5-7(2)3/h7H,4H2,1-3H3. The molecule has 0 amide bonds. The van der Waals surface area contributed by atoms with Crippen molar-refractivity contribution in [2.75, 3.05) is 5.75 Å². The third kappa shape index (κ3) is 6.53. The lowest BCUT2D eigenvalue weighted by Crippen LogP contribution is -2.00. The van der Waals surface area contributed by atoms with E-state index >= 15 is 0 Å². The molecule has 1 nitrogen and oxygen atoms in total. The molecule has 0 aliphatic heterocycles. The average Bonchev–Trinajstić information content (AvgIpc) is 1.61. The Labute approximate surface area is 51.4 Å². The van der Waals surface area contributed by atoms with Crippen LogP contribution in [0.1, 0.15) is 6.92 Å². The lowest BCUT2D eigenvalue weighted by atomic mass is 11.0. The molecule has 0 aliphatic carbocycles. The maximum absolute atomic E-state index is 5.25. The molecule has 0 aromatic heterocycles. The van der Waals surface area contributed by atoms with Crippen molar-refractivity contribution < 1.29 is 3.87 Å². The van der Waals surface area contributed by atoms with Crippen LogP contribution in [0.25, 0.3) is 0 Å². The number of hydrogen-bond donors (Lipinski definition) is 0. The van der Waals surface area contributed by atoms with Crippen LogP contribution in [-0.2, 0) is 3.87 Å². The molecule has 3 heteroatoms. The third-order valence-corrected chi connectivity index (χ3v) is 2.70. The maximum atomic E-state index is 5.25. The summed E-state index contributed by atoms with van der Waals surface area (Å²) in [5, 5.41) is 0. The van der Waals surface area contributed by atoms with E-state index in [1.165, 1.54) is 0 Å². The molecular weight excluding hydrogens is 124 g/mol. The van der Waals surface area contributed by atoms with E-state index in [0.29, 0.717) is 0 Å². The van der Waals surface area contributed by atoms with Crippen molar-refractivity contribution in [2.24, 2.45) is 0 Å². The van der Waals surface area contributed by atoms with Crippen LogP contribution in [-0.4, -0.2) is 14.8 Å². The Balaban J connectivity index is 2.68. The molecule has 0 bridgehead atoms. The highest BCUT2D eigenvalue weighted by Gasteiger charge is 1.91. The molecule has 0 saturated carbocycles. The van der Waals surface area contributed by atoms with E-state index in [-0.39, 0.29) is 0 Å². The largest absolute Gasteiger partial charge is 0.361 e. The molecule has 0 N–H and O–H groups in total. The van der Waals surface area contributed by atoms with Crippen molar-refractivity contribution >= 4 is 21.1 Å². The zero-order valence-corrected chi connectivity index (χ0v) is 7.07. The van der Waals surface area contributed by atoms with Crippen molar-refractivity contribution in [3.05, 3.63) is 0 Å². The minimum Gasteiger partial charge on any atom is -0.361 e. The van der Waals surface area contributed by atoms with Crippen molar-refractivity contribution in [1.82, 2.24) is 0 Å². The van der Waals surface area contributed by atoms with Crippen molar-refractivity contribution in [3.63, 3.8) is 0 Å². The predicted molar refractivity (Wildman–Crippen MR) is 38.1 cm³/mol. The minimum absolute atomic E-state index is 0.725. The average molecular weight is 136 g/mol. The van der Waals surface area contributed by atoms with Crippen LogP contribution in [0.15, 0.2) is 0 Å². The Morgan fingerprint density at radius 2 is 2.14 bits per heavy atom. The van der Waals surface area contributed by atoms with Gasteiger partial charge < -0.3 is 3.87 Å². The second-order valence-corrected chi connectivity index (χ2v) is 5.23. The van der Waals surface area contributed by atoms with E-state index in [9.17, 15) is 0 Å². The summed E-state index contributed by atoms with van der Waals surface area (Å²) in [4.78, 5) is 0. The molecule has 0 saturated heterocycles. The molecule has 44 valence electrons. The first-order chi connectivity index (χ1) is 3.27. The summed E-state index contributed by atoms with van der Waals surface area (Å²) >= 11 is 1.58. The SMILES string of the molecule is CCSO[SiH](C)C. The Hall–Kier alpha value is 0.527. The molecule has 0 atom stereocenters. The van der Waals surface area contributed by atoms with Gasteiger partial charge in [-0.25, -0.2) is 0 Å². The Kier molecular flexibility index (Phi) is 5.03. The zero-order chi connectivity index (χ0) is 5.70. The molecule has 0 aromatic carbocycles. The molecule has 0 fully saturated rings. The van der Waals surface area contributed by atoms with Gasteiger partial charge in [0.25, 0.3) is 0 Å². The molecular formula is C4H12OSSi. The molecule has 7 heavy (non-hydrogen) atoms. The normalized spacial score (nSPS) is 10.3. The maximum Gasteiger partial charge on any atom is 0.190 e. The summed E-state index contributed by atoms with van der Waals surface area (Å²) in [6.07, 6.45) is 0. The molecule has 0 heterocycles. The van der Waals surface area contributed by atoms with Crippen molar-refractivity contribution in [2.45, 2.75) is 20.0 Å². The molecule has 0 radical (unpaired) electrons. The van der Waals surface area contributed by atoms with Gasteiger partial charge in [-0.1, -0.05) is 6.92 Å². The van der Waals surface area contributed by atoms with E-state index in [4.69, 9.17) is 3.87 Å². The van der Waals surface area contributed by atoms with E-state index in [0.717, 1.165) is 5.75 Å². The minimum atomic E-state index is -0.725. The van der Waals surface area contributed by atoms with Crippen LogP contribution in [0.3, 0.4) is 0 Å². The van der Waals surface area contributed by atoms with Gasteiger partial charge in [0.1, 0.15) is 0 Å². The van der Waals surface area contributed by atoms with Gasteiger partial charge in [0, 0.05) is 5.75 Å². The van der Waals surface area contributed by atoms with E-state index in [1.807, 2.05) is 0 Å². The second-order valence-electron chi connectivity index (χ2n) is 1.55. The molecule has 0 rings (SSSR count). The fourth-order valence-corrected chi connectivity index (χ4v) is 1.84. The van der Waals surface area contributed by atoms with Crippen LogP contribution in [0, 0.1) is 0 Å². The predicted octanol–water partition coefficient (Wildman–Crippen LogP) is 1.65. The summed E-state index contributed by atoms with van der Waals surface area (Å²) in [5.41, 5.74) is 0. The molecule has 0 aromatic rings. The summed E-state index contributed by atoms with van der Waals surface area (Å²) in [6, 6.07) is 0. The molecule has 0 unspecified atom stereocenters. The van der Waals surface area contributed by atoms with Crippen LogP contribution < -0.4 is 0 Å². The van der Waals surface area contributed by atoms with Gasteiger partial charge in [-0.05, 0) is 25.1 Å². The van der Waals surface area contributed by atoms with Gasteiger partial charge in [0.15, 0.2) is 9.04 Å². The van der Waals surface area contributed by atoms with Gasteiger partial charge in [-0.2, -0.15) is 0 Å². The summed E-state index contributed by atoms with van der Waals surface area (Å²) in [7, 11) is -0.725. The van der Waals surface area contributed by atoms with Crippen LogP contribution in [0.5, 0.6) is 0 Å². The highest BCUT2D eigenvalue weighted by atomic mass is 32.2. The lowest BCUT2D eigenvalue weighted by Gasteiger charge is -1.99. The first-order valence-electron chi connectivity index (χ1n) is 2.55. The zero-order valence-electron chi connectivity index (χ0n) is 5.10. The van der Waals surface area contributed by atoms with Crippen LogP contribution in [0.2, 0.25) is 13.1 Å². The van der Waals surface area contributed by atoms with E-state index in [2.05, 4.69) is 20.0 Å². The van der Waals surface area contributed by atoms with Gasteiger partial charge in [-0.15, -0.1) is 0 Å². The second kappa shape index (κ2) is 4.68. The first kappa shape index (κ1) is 7.53. The van der Waals surface area contributed by atoms with Crippen molar-refractivity contribution in [3.8, 4) is 0 Å². The molecule has 0 spiro atoms. The monoisotopic (exact) mass is 136 g/mol. The highest BCUT2D eigenvalue weighted by molar-refractivity contribution is 7.95. The van der Waals surface area contributed by atoms with E-state index < -0.39 is 9.04 Å². The van der Waals surface area contributed by atoms with Gasteiger partial charge in [0.2, 0.25) is 0 Å². The Morgan fingerprint density at radius 1 is 1.57 bits per heavy atom. The summed E-state index contributed by atoms with van der Waals surface area (Å²) in [5.74, 6) is 1.07. The number of hydrogen-bond acceptors (Lipinski definition) is 2. The topological polar surface area (TPSA) is 9.23 Å². The van der Waals surface area contributed by atoms with Crippen molar-refractivity contribution in [1.29, 1.82) is 0 Å². The lowest BCUT2D eigenvalue weighted by molar-refractivity contribution is 0.681. The first-order valence-corrected chi connectivity index (χ1v) is 6.24. The quantitative estimate of drug-likeness (QED) is 0.431. The fourth-order valence-electron chi connectivity index (χ4n) is 0.204. The Bertz CT molecular complexity index is 40.7. The van der Waals surface area contributed by atoms with Gasteiger partial charge in [-0.3, -0.25) is 0 Å².